The van der Waals surface area contributed by atoms with Gasteiger partial charge in [0.2, 0.25) is 0 Å². The smallest absolute Gasteiger partial charge is 0.411 e. The number of halogens is 1. The highest BCUT2D eigenvalue weighted by Crippen LogP contribution is 2.15. The first kappa shape index (κ1) is 18.1. The highest BCUT2D eigenvalue weighted by molar-refractivity contribution is 6.30. The molecule has 0 fully saturated rings. The minimum atomic E-state index is -0.517. The van der Waals surface area contributed by atoms with Gasteiger partial charge in [-0.2, -0.15) is 0 Å². The van der Waals surface area contributed by atoms with Crippen LogP contribution in [-0.4, -0.2) is 23.9 Å². The highest BCUT2D eigenvalue weighted by atomic mass is 35.5. The predicted octanol–water partition coefficient (Wildman–Crippen LogP) is 4.24. The van der Waals surface area contributed by atoms with Crippen LogP contribution in [0.3, 0.4) is 0 Å². The molecule has 0 saturated heterocycles. The van der Waals surface area contributed by atoms with Crippen molar-refractivity contribution < 1.29 is 19.4 Å². The van der Waals surface area contributed by atoms with Crippen LogP contribution in [0.25, 0.3) is 0 Å². The number of ether oxygens (including phenoxy) is 2. The van der Waals surface area contributed by atoms with Crippen LogP contribution in [0, 0.1) is 0 Å². The topological polar surface area (TPSA) is 67.8 Å². The number of aliphatic hydroxyl groups excluding tert-OH is 1. The molecule has 1 amide bonds. The second kappa shape index (κ2) is 9.15. The Balaban J connectivity index is 1.69. The van der Waals surface area contributed by atoms with Crippen LogP contribution in [0.2, 0.25) is 5.02 Å². The molecule has 0 aliphatic heterocycles. The van der Waals surface area contributed by atoms with Gasteiger partial charge < -0.3 is 14.6 Å². The quantitative estimate of drug-likeness (QED) is 0.784. The van der Waals surface area contributed by atoms with Crippen molar-refractivity contribution in [3.63, 3.8) is 0 Å². The molecule has 24 heavy (non-hydrogen) atoms. The second-order valence-electron chi connectivity index (χ2n) is 5.29. The summed E-state index contributed by atoms with van der Waals surface area (Å²) < 4.78 is 10.8. The van der Waals surface area contributed by atoms with E-state index in [1.807, 2.05) is 0 Å². The van der Waals surface area contributed by atoms with Gasteiger partial charge in [-0.25, -0.2) is 4.79 Å². The molecule has 2 aromatic rings. The third-order valence-corrected chi connectivity index (χ3v) is 3.55. The molecule has 0 bridgehead atoms. The molecule has 6 heteroatoms. The summed E-state index contributed by atoms with van der Waals surface area (Å²) in [6.07, 6.45) is -0.235. The van der Waals surface area contributed by atoms with Crippen molar-refractivity contribution in [2.45, 2.75) is 26.1 Å². The first-order chi connectivity index (χ1) is 11.6. The van der Waals surface area contributed by atoms with Gasteiger partial charge in [0.05, 0.1) is 13.2 Å². The average Bonchev–Trinajstić information content (AvgIpc) is 2.57. The number of hydrogen-bond acceptors (Lipinski definition) is 4. The maximum absolute atomic E-state index is 11.8. The van der Waals surface area contributed by atoms with Gasteiger partial charge in [-0.1, -0.05) is 23.7 Å². The van der Waals surface area contributed by atoms with E-state index in [1.165, 1.54) is 0 Å². The van der Waals surface area contributed by atoms with Crippen molar-refractivity contribution >= 4 is 23.4 Å². The summed E-state index contributed by atoms with van der Waals surface area (Å²) in [5, 5.41) is 12.2. The third-order valence-electron chi connectivity index (χ3n) is 3.30. The van der Waals surface area contributed by atoms with E-state index in [1.54, 1.807) is 55.5 Å². The Hall–Kier alpha value is -2.24. The van der Waals surface area contributed by atoms with E-state index in [0.717, 1.165) is 5.56 Å². The molecule has 0 heterocycles. The van der Waals surface area contributed by atoms with Gasteiger partial charge in [0.1, 0.15) is 11.9 Å². The van der Waals surface area contributed by atoms with E-state index < -0.39 is 6.09 Å². The normalized spacial score (nSPS) is 11.6. The maximum atomic E-state index is 11.8. The Morgan fingerprint density at radius 3 is 2.46 bits per heavy atom. The number of rotatable bonds is 7. The molecule has 1 atom stereocenters. The zero-order valence-electron chi connectivity index (χ0n) is 13.4. The lowest BCUT2D eigenvalue weighted by Crippen LogP contribution is -2.21. The van der Waals surface area contributed by atoms with Crippen molar-refractivity contribution in [3.8, 4) is 5.75 Å². The lowest BCUT2D eigenvalue weighted by molar-refractivity contribution is 0.105. The molecule has 128 valence electrons. The average molecular weight is 350 g/mol. The lowest BCUT2D eigenvalue weighted by Gasteiger charge is -2.14. The van der Waals surface area contributed by atoms with Crippen LogP contribution in [-0.2, 0) is 11.3 Å². The first-order valence-electron chi connectivity index (χ1n) is 7.62. The highest BCUT2D eigenvalue weighted by Gasteiger charge is 2.10. The Kier molecular flexibility index (Phi) is 6.90. The molecule has 1 unspecified atom stereocenters. The van der Waals surface area contributed by atoms with Crippen molar-refractivity contribution in [2.24, 2.45) is 0 Å². The molecule has 0 aliphatic carbocycles. The zero-order chi connectivity index (χ0) is 17.4. The fourth-order valence-electron chi connectivity index (χ4n) is 1.96. The summed E-state index contributed by atoms with van der Waals surface area (Å²) in [7, 11) is 0. The fraction of sp³-hybridized carbons (Fsp3) is 0.278. The van der Waals surface area contributed by atoms with Gasteiger partial charge in [0, 0.05) is 17.1 Å². The number of hydrogen-bond donors (Lipinski definition) is 2. The van der Waals surface area contributed by atoms with Crippen molar-refractivity contribution in [1.29, 1.82) is 0 Å². The van der Waals surface area contributed by atoms with Gasteiger partial charge in [0.25, 0.3) is 0 Å². The standard InChI is InChI=1S/C18H20ClNO4/c1-13(10-11-23-17-8-2-14(12-21)3-9-17)24-18(22)20-16-6-4-15(19)5-7-16/h2-9,13,21H,10-12H2,1H3,(H,20,22). The maximum Gasteiger partial charge on any atom is 0.411 e. The lowest BCUT2D eigenvalue weighted by atomic mass is 10.2. The summed E-state index contributed by atoms with van der Waals surface area (Å²) in [5.74, 6) is 0.713. The van der Waals surface area contributed by atoms with E-state index in [9.17, 15) is 4.79 Å². The number of anilines is 1. The van der Waals surface area contributed by atoms with E-state index in [-0.39, 0.29) is 12.7 Å². The monoisotopic (exact) mass is 349 g/mol. The SMILES string of the molecule is CC(CCOc1ccc(CO)cc1)OC(=O)Nc1ccc(Cl)cc1. The van der Waals surface area contributed by atoms with Crippen LogP contribution in [0.15, 0.2) is 48.5 Å². The number of aliphatic hydroxyl groups is 1. The van der Waals surface area contributed by atoms with Crippen LogP contribution in [0.1, 0.15) is 18.9 Å². The van der Waals surface area contributed by atoms with Crippen molar-refractivity contribution in [1.82, 2.24) is 0 Å². The van der Waals surface area contributed by atoms with Gasteiger partial charge in [-0.3, -0.25) is 5.32 Å². The molecular weight excluding hydrogens is 330 g/mol. The van der Waals surface area contributed by atoms with Crippen LogP contribution in [0.4, 0.5) is 10.5 Å². The zero-order valence-corrected chi connectivity index (χ0v) is 14.1. The molecule has 0 radical (unpaired) electrons. The van der Waals surface area contributed by atoms with E-state index >= 15 is 0 Å². The minimum Gasteiger partial charge on any atom is -0.493 e. The Morgan fingerprint density at radius 2 is 1.83 bits per heavy atom. The Labute approximate surface area is 146 Å². The summed E-state index contributed by atoms with van der Waals surface area (Å²) in [4.78, 5) is 11.8. The Bertz CT molecular complexity index is 643. The van der Waals surface area contributed by atoms with Crippen molar-refractivity contribution in [3.05, 3.63) is 59.1 Å². The molecule has 0 aromatic heterocycles. The molecule has 2 rings (SSSR count). The molecule has 5 nitrogen and oxygen atoms in total. The third kappa shape index (κ3) is 6.10. The van der Waals surface area contributed by atoms with Crippen molar-refractivity contribution in [2.75, 3.05) is 11.9 Å². The number of nitrogens with one attached hydrogen (secondary N) is 1. The summed E-state index contributed by atoms with van der Waals surface area (Å²) in [5.41, 5.74) is 1.45. The molecule has 0 aliphatic rings. The van der Waals surface area contributed by atoms with Crippen LogP contribution in [0.5, 0.6) is 5.75 Å². The molecular formula is C18H20ClNO4. The second-order valence-corrected chi connectivity index (χ2v) is 5.72. The summed E-state index contributed by atoms with van der Waals surface area (Å²) in [6.45, 7) is 2.24. The molecule has 0 spiro atoms. The summed E-state index contributed by atoms with van der Waals surface area (Å²) in [6, 6.07) is 14.0. The van der Waals surface area contributed by atoms with E-state index in [0.29, 0.717) is 29.5 Å². The van der Waals surface area contributed by atoms with Crippen LogP contribution < -0.4 is 10.1 Å². The van der Waals surface area contributed by atoms with Gasteiger partial charge >= 0.3 is 6.09 Å². The fourth-order valence-corrected chi connectivity index (χ4v) is 2.08. The van der Waals surface area contributed by atoms with Crippen LogP contribution >= 0.6 is 11.6 Å². The van der Waals surface area contributed by atoms with E-state index in [2.05, 4.69) is 5.32 Å². The number of benzene rings is 2. The molecule has 2 N–H and O–H groups in total. The summed E-state index contributed by atoms with van der Waals surface area (Å²) >= 11 is 5.79. The number of carbonyl (C=O) groups excluding carboxylic acids is 1. The van der Waals surface area contributed by atoms with Gasteiger partial charge in [0.15, 0.2) is 0 Å². The minimum absolute atomic E-state index is 0.00782. The predicted molar refractivity (Wildman–Crippen MR) is 93.5 cm³/mol. The number of amides is 1. The first-order valence-corrected chi connectivity index (χ1v) is 8.00. The van der Waals surface area contributed by atoms with Gasteiger partial charge in [-0.15, -0.1) is 0 Å². The molecule has 0 saturated carbocycles. The largest absolute Gasteiger partial charge is 0.493 e. The Morgan fingerprint density at radius 1 is 1.17 bits per heavy atom. The molecule has 2 aromatic carbocycles. The van der Waals surface area contributed by atoms with Gasteiger partial charge in [-0.05, 0) is 48.9 Å². The number of carbonyl (C=O) groups is 1. The van der Waals surface area contributed by atoms with E-state index in [4.69, 9.17) is 26.2 Å².